The molecule has 1 aliphatic rings. The summed E-state index contributed by atoms with van der Waals surface area (Å²) in [5.41, 5.74) is 1.92. The van der Waals surface area contributed by atoms with E-state index in [0.29, 0.717) is 13.2 Å². The van der Waals surface area contributed by atoms with Crippen molar-refractivity contribution in [1.82, 2.24) is 5.32 Å². The van der Waals surface area contributed by atoms with E-state index in [4.69, 9.17) is 14.2 Å². The van der Waals surface area contributed by atoms with E-state index in [-0.39, 0.29) is 18.9 Å². The van der Waals surface area contributed by atoms with Crippen LogP contribution in [0.25, 0.3) is 0 Å². The summed E-state index contributed by atoms with van der Waals surface area (Å²) in [5.74, 6) is 0. The van der Waals surface area contributed by atoms with Crippen LogP contribution in [0.3, 0.4) is 0 Å². The largest absolute Gasteiger partial charge is 0.445 e. The molecule has 0 aliphatic carbocycles. The van der Waals surface area contributed by atoms with Gasteiger partial charge in [-0.3, -0.25) is 0 Å². The zero-order valence-corrected chi connectivity index (χ0v) is 12.7. The average molecular weight is 313 g/mol. The van der Waals surface area contributed by atoms with Crippen LogP contribution >= 0.6 is 0 Å². The molecule has 2 aromatic carbocycles. The predicted molar refractivity (Wildman–Crippen MR) is 84.6 cm³/mol. The van der Waals surface area contributed by atoms with Gasteiger partial charge in [0.15, 0.2) is 6.29 Å². The number of ether oxygens (including phenoxy) is 3. The molecule has 1 N–H and O–H groups in total. The Labute approximate surface area is 135 Å². The summed E-state index contributed by atoms with van der Waals surface area (Å²) in [7, 11) is 0. The molecule has 0 spiro atoms. The third kappa shape index (κ3) is 4.55. The van der Waals surface area contributed by atoms with Crippen LogP contribution in [0.4, 0.5) is 4.79 Å². The molecule has 1 aliphatic heterocycles. The summed E-state index contributed by atoms with van der Waals surface area (Å²) in [6.45, 7) is 1.02. The Morgan fingerprint density at radius 2 is 1.61 bits per heavy atom. The maximum absolute atomic E-state index is 11.8. The molecule has 1 fully saturated rings. The van der Waals surface area contributed by atoms with Gasteiger partial charge in [-0.05, 0) is 5.56 Å². The van der Waals surface area contributed by atoms with Gasteiger partial charge in [-0.1, -0.05) is 60.7 Å². The molecule has 5 nitrogen and oxygen atoms in total. The highest BCUT2D eigenvalue weighted by molar-refractivity contribution is 5.67. The Balaban J connectivity index is 1.41. The van der Waals surface area contributed by atoms with Crippen LogP contribution in [-0.4, -0.2) is 25.3 Å². The zero-order valence-electron chi connectivity index (χ0n) is 12.7. The van der Waals surface area contributed by atoms with Crippen molar-refractivity contribution in [2.24, 2.45) is 0 Å². The molecular formula is C18H19NO4. The molecule has 0 saturated carbocycles. The molecule has 0 bridgehead atoms. The van der Waals surface area contributed by atoms with Crippen LogP contribution in [0.15, 0.2) is 60.7 Å². The summed E-state index contributed by atoms with van der Waals surface area (Å²) in [6, 6.07) is 19.1. The molecule has 3 rings (SSSR count). The first-order chi connectivity index (χ1) is 11.3. The highest BCUT2D eigenvalue weighted by Crippen LogP contribution is 2.22. The highest BCUT2D eigenvalue weighted by Gasteiger charge is 2.24. The van der Waals surface area contributed by atoms with Crippen molar-refractivity contribution in [3.05, 3.63) is 71.8 Å². The molecule has 120 valence electrons. The standard InChI is InChI=1S/C18H19NO4/c20-18(23-11-14-7-3-1-4-8-14)19-16-12-21-17(22-13-16)15-9-5-2-6-10-15/h1-10,16-17H,11-13H2,(H,19,20). The third-order valence-electron chi connectivity index (χ3n) is 3.50. The number of hydrogen-bond acceptors (Lipinski definition) is 4. The number of amides is 1. The number of carbonyl (C=O) groups excluding carboxylic acids is 1. The Bertz CT molecular complexity index is 609. The van der Waals surface area contributed by atoms with Crippen LogP contribution in [0.2, 0.25) is 0 Å². The van der Waals surface area contributed by atoms with Crippen LogP contribution in [0, 0.1) is 0 Å². The van der Waals surface area contributed by atoms with E-state index in [9.17, 15) is 4.79 Å². The first kappa shape index (κ1) is 15.5. The van der Waals surface area contributed by atoms with E-state index in [1.165, 1.54) is 0 Å². The molecule has 1 heterocycles. The number of hydrogen-bond donors (Lipinski definition) is 1. The number of carbonyl (C=O) groups is 1. The topological polar surface area (TPSA) is 56.8 Å². The number of benzene rings is 2. The Morgan fingerprint density at radius 3 is 2.26 bits per heavy atom. The molecule has 0 atom stereocenters. The summed E-state index contributed by atoms with van der Waals surface area (Å²) < 4.78 is 16.5. The summed E-state index contributed by atoms with van der Waals surface area (Å²) in [5, 5.41) is 2.75. The maximum atomic E-state index is 11.8. The normalized spacial score (nSPS) is 20.7. The second-order valence-electron chi connectivity index (χ2n) is 5.31. The van der Waals surface area contributed by atoms with Gasteiger partial charge < -0.3 is 19.5 Å². The maximum Gasteiger partial charge on any atom is 0.407 e. The van der Waals surface area contributed by atoms with Crippen molar-refractivity contribution in [1.29, 1.82) is 0 Å². The highest BCUT2D eigenvalue weighted by atomic mass is 16.7. The molecule has 0 radical (unpaired) electrons. The number of rotatable bonds is 4. The van der Waals surface area contributed by atoms with Crippen molar-refractivity contribution in [3.8, 4) is 0 Å². The zero-order chi connectivity index (χ0) is 15.9. The van der Waals surface area contributed by atoms with Crippen LogP contribution in [-0.2, 0) is 20.8 Å². The summed E-state index contributed by atoms with van der Waals surface area (Å²) in [4.78, 5) is 11.8. The Kier molecular flexibility index (Phi) is 5.24. The van der Waals surface area contributed by atoms with E-state index in [1.807, 2.05) is 60.7 Å². The average Bonchev–Trinajstić information content (AvgIpc) is 2.62. The van der Waals surface area contributed by atoms with Crippen molar-refractivity contribution < 1.29 is 19.0 Å². The molecule has 2 aromatic rings. The summed E-state index contributed by atoms with van der Waals surface area (Å²) in [6.07, 6.45) is -0.848. The van der Waals surface area contributed by atoms with E-state index in [2.05, 4.69) is 5.32 Å². The molecule has 0 aromatic heterocycles. The molecule has 1 saturated heterocycles. The van der Waals surface area contributed by atoms with Crippen molar-refractivity contribution in [2.45, 2.75) is 18.9 Å². The van der Waals surface area contributed by atoms with Crippen LogP contribution < -0.4 is 5.32 Å². The minimum atomic E-state index is -0.468. The monoisotopic (exact) mass is 313 g/mol. The van der Waals surface area contributed by atoms with Gasteiger partial charge in [0.25, 0.3) is 0 Å². The third-order valence-corrected chi connectivity index (χ3v) is 3.50. The van der Waals surface area contributed by atoms with Gasteiger partial charge in [0, 0.05) is 5.56 Å². The summed E-state index contributed by atoms with van der Waals surface area (Å²) >= 11 is 0. The second-order valence-corrected chi connectivity index (χ2v) is 5.31. The van der Waals surface area contributed by atoms with Gasteiger partial charge in [0.05, 0.1) is 19.3 Å². The molecule has 0 unspecified atom stereocenters. The Hall–Kier alpha value is -2.37. The van der Waals surface area contributed by atoms with E-state index >= 15 is 0 Å². The van der Waals surface area contributed by atoms with E-state index < -0.39 is 6.09 Å². The smallest absolute Gasteiger partial charge is 0.407 e. The lowest BCUT2D eigenvalue weighted by molar-refractivity contribution is -0.193. The SMILES string of the molecule is O=C(NC1COC(c2ccccc2)OC1)OCc1ccccc1. The fourth-order valence-electron chi connectivity index (χ4n) is 2.32. The van der Waals surface area contributed by atoms with Crippen molar-refractivity contribution >= 4 is 6.09 Å². The minimum Gasteiger partial charge on any atom is -0.445 e. The Morgan fingerprint density at radius 1 is 1.00 bits per heavy atom. The van der Waals surface area contributed by atoms with Gasteiger partial charge >= 0.3 is 6.09 Å². The first-order valence-corrected chi connectivity index (χ1v) is 7.56. The van der Waals surface area contributed by atoms with Gasteiger partial charge in [-0.15, -0.1) is 0 Å². The fourth-order valence-corrected chi connectivity index (χ4v) is 2.32. The van der Waals surface area contributed by atoms with Gasteiger partial charge in [0.1, 0.15) is 6.61 Å². The van der Waals surface area contributed by atoms with Crippen LogP contribution in [0.5, 0.6) is 0 Å². The quantitative estimate of drug-likeness (QED) is 0.942. The molecule has 5 heteroatoms. The lowest BCUT2D eigenvalue weighted by Crippen LogP contribution is -2.45. The van der Waals surface area contributed by atoms with E-state index in [0.717, 1.165) is 11.1 Å². The van der Waals surface area contributed by atoms with E-state index in [1.54, 1.807) is 0 Å². The van der Waals surface area contributed by atoms with Crippen LogP contribution in [0.1, 0.15) is 17.4 Å². The lowest BCUT2D eigenvalue weighted by Gasteiger charge is -2.29. The van der Waals surface area contributed by atoms with Gasteiger partial charge in [-0.2, -0.15) is 0 Å². The number of alkyl carbamates (subject to hydrolysis) is 1. The van der Waals surface area contributed by atoms with Crippen molar-refractivity contribution in [3.63, 3.8) is 0 Å². The fraction of sp³-hybridized carbons (Fsp3) is 0.278. The van der Waals surface area contributed by atoms with Gasteiger partial charge in [0.2, 0.25) is 0 Å². The minimum absolute atomic E-state index is 0.210. The predicted octanol–water partition coefficient (Wildman–Crippen LogP) is 3.03. The second kappa shape index (κ2) is 7.76. The van der Waals surface area contributed by atoms with Crippen molar-refractivity contribution in [2.75, 3.05) is 13.2 Å². The van der Waals surface area contributed by atoms with Gasteiger partial charge in [-0.25, -0.2) is 4.79 Å². The molecular weight excluding hydrogens is 294 g/mol. The molecule has 23 heavy (non-hydrogen) atoms. The lowest BCUT2D eigenvalue weighted by atomic mass is 10.2. The first-order valence-electron chi connectivity index (χ1n) is 7.56. The number of nitrogens with one attached hydrogen (secondary N) is 1. The molecule has 1 amide bonds.